The average Bonchev–Trinajstić information content (AvgIpc) is 2.78. The van der Waals surface area contributed by atoms with Crippen LogP contribution in [0.15, 0.2) is 83.8 Å². The van der Waals surface area contributed by atoms with E-state index >= 15 is 0 Å². The van der Waals surface area contributed by atoms with Crippen molar-refractivity contribution in [1.29, 1.82) is 0 Å². The smallest absolute Gasteiger partial charge is 0.258 e. The van der Waals surface area contributed by atoms with Crippen molar-refractivity contribution in [3.63, 3.8) is 0 Å². The third-order valence-electron chi connectivity index (χ3n) is 4.80. The first kappa shape index (κ1) is 22.5. The minimum Gasteiger partial charge on any atom is -0.484 e. The highest BCUT2D eigenvalue weighted by Crippen LogP contribution is 2.22. The molecule has 0 aromatic heterocycles. The maximum atomic E-state index is 12.6. The first-order valence-corrected chi connectivity index (χ1v) is 11.4. The predicted molar refractivity (Wildman–Crippen MR) is 120 cm³/mol. The lowest BCUT2D eigenvalue weighted by Crippen LogP contribution is -2.31. The van der Waals surface area contributed by atoms with E-state index in [0.717, 1.165) is 11.1 Å². The molecule has 3 aromatic carbocycles. The number of hydrogen-bond donors (Lipinski definition) is 2. The third-order valence-corrected chi connectivity index (χ3v) is 6.20. The van der Waals surface area contributed by atoms with Gasteiger partial charge in [0.1, 0.15) is 5.75 Å². The van der Waals surface area contributed by atoms with Gasteiger partial charge in [-0.15, -0.1) is 0 Å². The van der Waals surface area contributed by atoms with Crippen molar-refractivity contribution < 1.29 is 17.9 Å². The topological polar surface area (TPSA) is 84.5 Å². The van der Waals surface area contributed by atoms with Gasteiger partial charge in [-0.25, -0.2) is 13.1 Å². The van der Waals surface area contributed by atoms with Gasteiger partial charge in [-0.3, -0.25) is 4.79 Å². The number of carbonyl (C=O) groups is 1. The molecule has 6 nitrogen and oxygen atoms in total. The van der Waals surface area contributed by atoms with E-state index in [2.05, 4.69) is 10.0 Å². The zero-order valence-corrected chi connectivity index (χ0v) is 18.4. The Balaban J connectivity index is 1.57. The Morgan fingerprint density at radius 3 is 2.26 bits per heavy atom. The molecule has 1 atom stereocenters. The van der Waals surface area contributed by atoms with Gasteiger partial charge < -0.3 is 10.1 Å². The molecule has 3 aromatic rings. The van der Waals surface area contributed by atoms with Gasteiger partial charge in [0.2, 0.25) is 10.0 Å². The van der Waals surface area contributed by atoms with E-state index < -0.39 is 10.0 Å². The monoisotopic (exact) mass is 438 g/mol. The van der Waals surface area contributed by atoms with Gasteiger partial charge in [-0.1, -0.05) is 60.7 Å². The molecule has 0 spiro atoms. The molecule has 0 radical (unpaired) electrons. The highest BCUT2D eigenvalue weighted by atomic mass is 32.2. The summed E-state index contributed by atoms with van der Waals surface area (Å²) < 4.78 is 33.3. The molecule has 7 heteroatoms. The molecule has 0 aliphatic heterocycles. The molecule has 0 aliphatic rings. The summed E-state index contributed by atoms with van der Waals surface area (Å²) in [6.07, 6.45) is 0. The van der Waals surface area contributed by atoms with Gasteiger partial charge in [-0.2, -0.15) is 0 Å². The van der Waals surface area contributed by atoms with Crippen LogP contribution in [0.2, 0.25) is 0 Å². The summed E-state index contributed by atoms with van der Waals surface area (Å²) in [5, 5.41) is 2.88. The maximum Gasteiger partial charge on any atom is 0.258 e. The largest absolute Gasteiger partial charge is 0.484 e. The van der Waals surface area contributed by atoms with Crippen LogP contribution < -0.4 is 14.8 Å². The molecule has 1 amide bonds. The quantitative estimate of drug-likeness (QED) is 0.533. The van der Waals surface area contributed by atoms with E-state index in [-0.39, 0.29) is 30.0 Å². The summed E-state index contributed by atoms with van der Waals surface area (Å²) in [4.78, 5) is 12.4. The molecular formula is C24H26N2O4S. The highest BCUT2D eigenvalue weighted by molar-refractivity contribution is 7.89. The number of aryl methyl sites for hydroxylation is 1. The molecule has 0 saturated heterocycles. The van der Waals surface area contributed by atoms with Gasteiger partial charge in [0, 0.05) is 6.54 Å². The van der Waals surface area contributed by atoms with E-state index in [4.69, 9.17) is 4.74 Å². The summed E-state index contributed by atoms with van der Waals surface area (Å²) >= 11 is 0. The van der Waals surface area contributed by atoms with E-state index in [1.165, 1.54) is 12.1 Å². The van der Waals surface area contributed by atoms with Crippen LogP contribution in [0.3, 0.4) is 0 Å². The molecule has 3 rings (SSSR count). The van der Waals surface area contributed by atoms with Crippen molar-refractivity contribution in [2.45, 2.75) is 31.3 Å². The SMILES string of the molecule is Cc1cc(S(=O)(=O)NCc2ccccc2)ccc1OCC(=O)N[C@H](C)c1ccccc1. The lowest BCUT2D eigenvalue weighted by molar-refractivity contribution is -0.123. The zero-order valence-electron chi connectivity index (χ0n) is 17.5. The normalized spacial score (nSPS) is 12.2. The van der Waals surface area contributed by atoms with Gasteiger partial charge in [0.05, 0.1) is 10.9 Å². The summed E-state index contributed by atoms with van der Waals surface area (Å²) in [6.45, 7) is 3.70. The Bertz CT molecular complexity index is 1120. The van der Waals surface area contributed by atoms with E-state index in [1.54, 1.807) is 13.0 Å². The summed E-state index contributed by atoms with van der Waals surface area (Å²) in [5.41, 5.74) is 2.51. The Morgan fingerprint density at radius 1 is 0.968 bits per heavy atom. The number of rotatable bonds is 9. The van der Waals surface area contributed by atoms with Crippen molar-refractivity contribution in [1.82, 2.24) is 10.0 Å². The van der Waals surface area contributed by atoms with Crippen molar-refractivity contribution >= 4 is 15.9 Å². The Hall–Kier alpha value is -3.16. The zero-order chi connectivity index (χ0) is 22.3. The second-order valence-electron chi connectivity index (χ2n) is 7.23. The fourth-order valence-electron chi connectivity index (χ4n) is 3.06. The molecule has 0 bridgehead atoms. The molecule has 2 N–H and O–H groups in total. The van der Waals surface area contributed by atoms with Crippen molar-refractivity contribution in [3.8, 4) is 5.75 Å². The van der Waals surface area contributed by atoms with Gasteiger partial charge >= 0.3 is 0 Å². The molecule has 0 fully saturated rings. The minimum absolute atomic E-state index is 0.137. The second-order valence-corrected chi connectivity index (χ2v) is 8.99. The van der Waals surface area contributed by atoms with Crippen LogP contribution >= 0.6 is 0 Å². The fraction of sp³-hybridized carbons (Fsp3) is 0.208. The average molecular weight is 439 g/mol. The van der Waals surface area contributed by atoms with Crippen LogP contribution in [0.4, 0.5) is 0 Å². The maximum absolute atomic E-state index is 12.6. The first-order valence-electron chi connectivity index (χ1n) is 9.96. The van der Waals surface area contributed by atoms with Gasteiger partial charge in [0.15, 0.2) is 6.61 Å². The van der Waals surface area contributed by atoms with Crippen molar-refractivity contribution in [2.24, 2.45) is 0 Å². The summed E-state index contributed by atoms with van der Waals surface area (Å²) in [6, 6.07) is 23.4. The second kappa shape index (κ2) is 10.2. The Labute approximate surface area is 183 Å². The number of carbonyl (C=O) groups excluding carboxylic acids is 1. The summed E-state index contributed by atoms with van der Waals surface area (Å²) in [7, 11) is -3.66. The highest BCUT2D eigenvalue weighted by Gasteiger charge is 2.16. The fourth-order valence-corrected chi connectivity index (χ4v) is 4.16. The van der Waals surface area contributed by atoms with Crippen molar-refractivity contribution in [2.75, 3.05) is 6.61 Å². The lowest BCUT2D eigenvalue weighted by Gasteiger charge is -2.15. The van der Waals surface area contributed by atoms with Crippen LogP contribution in [-0.2, 0) is 21.4 Å². The van der Waals surface area contributed by atoms with Gasteiger partial charge in [-0.05, 0) is 48.7 Å². The number of nitrogens with one attached hydrogen (secondary N) is 2. The molecule has 0 saturated carbocycles. The van der Waals surface area contributed by atoms with E-state index in [9.17, 15) is 13.2 Å². The lowest BCUT2D eigenvalue weighted by atomic mass is 10.1. The number of ether oxygens (including phenoxy) is 1. The number of hydrogen-bond acceptors (Lipinski definition) is 4. The van der Waals surface area contributed by atoms with Gasteiger partial charge in [0.25, 0.3) is 5.91 Å². The number of sulfonamides is 1. The minimum atomic E-state index is -3.66. The Kier molecular flexibility index (Phi) is 7.44. The van der Waals surface area contributed by atoms with E-state index in [1.807, 2.05) is 67.6 Å². The summed E-state index contributed by atoms with van der Waals surface area (Å²) in [5.74, 6) is 0.210. The van der Waals surface area contributed by atoms with Crippen LogP contribution in [0.5, 0.6) is 5.75 Å². The first-order chi connectivity index (χ1) is 14.8. The number of benzene rings is 3. The van der Waals surface area contributed by atoms with Crippen LogP contribution in [0.25, 0.3) is 0 Å². The van der Waals surface area contributed by atoms with Crippen molar-refractivity contribution in [3.05, 3.63) is 95.6 Å². The predicted octanol–water partition coefficient (Wildman–Crippen LogP) is 3.73. The van der Waals surface area contributed by atoms with Crippen LogP contribution in [0.1, 0.15) is 29.7 Å². The molecule has 0 unspecified atom stereocenters. The molecular weight excluding hydrogens is 412 g/mol. The Morgan fingerprint density at radius 2 is 1.61 bits per heavy atom. The third kappa shape index (κ3) is 6.41. The van der Waals surface area contributed by atoms with Crippen LogP contribution in [-0.4, -0.2) is 20.9 Å². The molecule has 162 valence electrons. The van der Waals surface area contributed by atoms with E-state index in [0.29, 0.717) is 11.3 Å². The molecule has 0 heterocycles. The molecule has 31 heavy (non-hydrogen) atoms. The standard InChI is InChI=1S/C24H26N2O4S/c1-18-15-22(31(28,29)25-16-20-9-5-3-6-10-20)13-14-23(18)30-17-24(27)26-19(2)21-11-7-4-8-12-21/h3-15,19,25H,16-17H2,1-2H3,(H,26,27)/t19-/m1/s1. The number of amides is 1. The van der Waals surface area contributed by atoms with Crippen LogP contribution in [0, 0.1) is 6.92 Å². The molecule has 0 aliphatic carbocycles.